The van der Waals surface area contributed by atoms with Crippen LogP contribution in [-0.4, -0.2) is 12.2 Å². The summed E-state index contributed by atoms with van der Waals surface area (Å²) in [5.41, 5.74) is 3.67. The van der Waals surface area contributed by atoms with E-state index in [1.54, 1.807) is 0 Å². The summed E-state index contributed by atoms with van der Waals surface area (Å²) in [6, 6.07) is 28.1. The SMILES string of the molecule is C[C@H]1C=C(C=O)[C@@H](c2ccccc2)[C@]2(C(=O)Nc3ccccc32)[C@@H]1c1ccccc1. The molecule has 3 aromatic carbocycles. The Balaban J connectivity index is 1.88. The number of rotatable bonds is 3. The summed E-state index contributed by atoms with van der Waals surface area (Å²) < 4.78 is 0. The van der Waals surface area contributed by atoms with Crippen LogP contribution in [0.5, 0.6) is 0 Å². The lowest BCUT2D eigenvalue weighted by Gasteiger charge is -2.48. The van der Waals surface area contributed by atoms with E-state index in [9.17, 15) is 9.59 Å². The van der Waals surface area contributed by atoms with Gasteiger partial charge in [0.1, 0.15) is 6.29 Å². The molecule has 30 heavy (non-hydrogen) atoms. The average Bonchev–Trinajstić information content (AvgIpc) is 3.07. The van der Waals surface area contributed by atoms with Gasteiger partial charge >= 0.3 is 0 Å². The van der Waals surface area contributed by atoms with Crippen LogP contribution in [0.25, 0.3) is 0 Å². The second-order valence-electron chi connectivity index (χ2n) is 8.24. The van der Waals surface area contributed by atoms with Crippen LogP contribution < -0.4 is 5.32 Å². The zero-order valence-electron chi connectivity index (χ0n) is 16.8. The number of amides is 1. The first-order valence-electron chi connectivity index (χ1n) is 10.4. The van der Waals surface area contributed by atoms with Crippen molar-refractivity contribution in [1.82, 2.24) is 0 Å². The van der Waals surface area contributed by atoms with E-state index < -0.39 is 5.41 Å². The fraction of sp³-hybridized carbons (Fsp3) is 0.185. The monoisotopic (exact) mass is 393 g/mol. The van der Waals surface area contributed by atoms with E-state index in [2.05, 4.69) is 30.4 Å². The third-order valence-electron chi connectivity index (χ3n) is 6.68. The van der Waals surface area contributed by atoms with Crippen molar-refractivity contribution >= 4 is 17.9 Å². The molecule has 3 nitrogen and oxygen atoms in total. The molecule has 1 amide bonds. The summed E-state index contributed by atoms with van der Waals surface area (Å²) in [6.45, 7) is 2.11. The predicted octanol–water partition coefficient (Wildman–Crippen LogP) is 5.22. The highest BCUT2D eigenvalue weighted by Crippen LogP contribution is 2.61. The number of carbonyl (C=O) groups is 2. The number of aldehydes is 1. The maximum atomic E-state index is 13.9. The van der Waals surface area contributed by atoms with Crippen LogP contribution in [0.4, 0.5) is 5.69 Å². The maximum Gasteiger partial charge on any atom is 0.236 e. The molecule has 148 valence electrons. The molecule has 0 saturated heterocycles. The fourth-order valence-electron chi connectivity index (χ4n) is 5.68. The molecule has 4 atom stereocenters. The molecule has 0 bridgehead atoms. The third kappa shape index (κ3) is 2.51. The van der Waals surface area contributed by atoms with Gasteiger partial charge in [-0.15, -0.1) is 0 Å². The van der Waals surface area contributed by atoms with Crippen molar-refractivity contribution in [2.75, 3.05) is 5.32 Å². The van der Waals surface area contributed by atoms with Gasteiger partial charge in [-0.3, -0.25) is 9.59 Å². The van der Waals surface area contributed by atoms with Crippen LogP contribution in [-0.2, 0) is 15.0 Å². The van der Waals surface area contributed by atoms with E-state index >= 15 is 0 Å². The van der Waals surface area contributed by atoms with Crippen LogP contribution in [0, 0.1) is 5.92 Å². The smallest absolute Gasteiger partial charge is 0.236 e. The molecule has 0 saturated carbocycles. The number of anilines is 1. The molecule has 3 aromatic rings. The molecule has 0 aromatic heterocycles. The zero-order chi connectivity index (χ0) is 20.7. The van der Waals surface area contributed by atoms with Gasteiger partial charge in [-0.05, 0) is 34.2 Å². The molecule has 1 aliphatic carbocycles. The summed E-state index contributed by atoms with van der Waals surface area (Å²) in [6.07, 6.45) is 2.99. The van der Waals surface area contributed by atoms with Crippen LogP contribution in [0.2, 0.25) is 0 Å². The van der Waals surface area contributed by atoms with Crippen LogP contribution in [0.3, 0.4) is 0 Å². The molecule has 1 aliphatic heterocycles. The molecule has 1 N–H and O–H groups in total. The Morgan fingerprint density at radius 3 is 2.10 bits per heavy atom. The maximum absolute atomic E-state index is 13.9. The Morgan fingerprint density at radius 2 is 1.43 bits per heavy atom. The minimum atomic E-state index is -0.899. The first-order valence-corrected chi connectivity index (χ1v) is 10.4. The van der Waals surface area contributed by atoms with Crippen LogP contribution in [0.15, 0.2) is 96.6 Å². The Bertz CT molecular complexity index is 1140. The molecule has 3 heteroatoms. The highest BCUT2D eigenvalue weighted by molar-refractivity contribution is 6.09. The molecule has 0 fully saturated rings. The second-order valence-corrected chi connectivity index (χ2v) is 8.24. The van der Waals surface area contributed by atoms with Gasteiger partial charge in [0.15, 0.2) is 0 Å². The van der Waals surface area contributed by atoms with Crippen LogP contribution in [0.1, 0.15) is 35.4 Å². The normalized spacial score (nSPS) is 27.3. The van der Waals surface area contributed by atoms with Gasteiger partial charge in [-0.25, -0.2) is 0 Å². The molecule has 0 radical (unpaired) electrons. The van der Waals surface area contributed by atoms with Gasteiger partial charge in [0.05, 0.1) is 5.41 Å². The number of allylic oxidation sites excluding steroid dienone is 2. The van der Waals surface area contributed by atoms with E-state index in [4.69, 9.17) is 0 Å². The minimum absolute atomic E-state index is 0.0180. The summed E-state index contributed by atoms with van der Waals surface area (Å²) in [5.74, 6) is -0.479. The Morgan fingerprint density at radius 1 is 0.833 bits per heavy atom. The van der Waals surface area contributed by atoms with Gasteiger partial charge < -0.3 is 5.32 Å². The van der Waals surface area contributed by atoms with E-state index in [1.165, 1.54) is 0 Å². The first-order chi connectivity index (χ1) is 14.7. The number of fused-ring (bicyclic) bond motifs is 2. The lowest BCUT2D eigenvalue weighted by atomic mass is 9.52. The quantitative estimate of drug-likeness (QED) is 0.620. The number of hydrogen-bond donors (Lipinski definition) is 1. The molecule has 1 heterocycles. The van der Waals surface area contributed by atoms with Gasteiger partial charge in [0.2, 0.25) is 5.91 Å². The van der Waals surface area contributed by atoms with E-state index in [0.717, 1.165) is 28.7 Å². The highest BCUT2D eigenvalue weighted by Gasteiger charge is 2.61. The number of para-hydroxylation sites is 1. The van der Waals surface area contributed by atoms with Crippen molar-refractivity contribution in [3.8, 4) is 0 Å². The van der Waals surface area contributed by atoms with Gasteiger partial charge in [0, 0.05) is 17.5 Å². The summed E-state index contributed by atoms with van der Waals surface area (Å²) in [7, 11) is 0. The Hall–Kier alpha value is -3.46. The number of benzene rings is 3. The topological polar surface area (TPSA) is 46.2 Å². The van der Waals surface area contributed by atoms with Gasteiger partial charge in [-0.1, -0.05) is 91.9 Å². The van der Waals surface area contributed by atoms with Crippen molar-refractivity contribution in [1.29, 1.82) is 0 Å². The van der Waals surface area contributed by atoms with Gasteiger partial charge in [-0.2, -0.15) is 0 Å². The second kappa shape index (κ2) is 7.10. The molecule has 5 rings (SSSR count). The van der Waals surface area contributed by atoms with Crippen molar-refractivity contribution in [2.24, 2.45) is 5.92 Å². The Kier molecular flexibility index (Phi) is 4.39. The van der Waals surface area contributed by atoms with Crippen molar-refractivity contribution in [3.05, 3.63) is 113 Å². The molecular weight excluding hydrogens is 370 g/mol. The lowest BCUT2D eigenvalue weighted by molar-refractivity contribution is -0.123. The van der Waals surface area contributed by atoms with Crippen molar-refractivity contribution < 1.29 is 9.59 Å². The Labute approximate surface area is 176 Å². The number of hydrogen-bond acceptors (Lipinski definition) is 2. The molecular formula is C27H23NO2. The number of carbonyl (C=O) groups excluding carboxylic acids is 2. The standard InChI is InChI=1S/C27H23NO2/c1-18-16-21(17-29)25(20-12-6-3-7-13-20)27(24(18)19-10-4-2-5-11-19)22-14-8-9-15-23(22)28-26(27)30/h2-18,24-25H,1H3,(H,28,30)/t18-,24-,25+,27+/m0/s1. The van der Waals surface area contributed by atoms with Crippen LogP contribution >= 0.6 is 0 Å². The summed E-state index contributed by atoms with van der Waals surface area (Å²) >= 11 is 0. The fourth-order valence-corrected chi connectivity index (χ4v) is 5.68. The number of nitrogens with one attached hydrogen (secondary N) is 1. The minimum Gasteiger partial charge on any atom is -0.325 e. The largest absolute Gasteiger partial charge is 0.325 e. The molecule has 2 aliphatic rings. The molecule has 1 spiro atoms. The van der Waals surface area contributed by atoms with Crippen molar-refractivity contribution in [2.45, 2.75) is 24.2 Å². The lowest BCUT2D eigenvalue weighted by Crippen LogP contribution is -2.50. The summed E-state index contributed by atoms with van der Waals surface area (Å²) in [4.78, 5) is 26.2. The van der Waals surface area contributed by atoms with E-state index in [-0.39, 0.29) is 23.7 Å². The first kappa shape index (κ1) is 18.6. The predicted molar refractivity (Wildman–Crippen MR) is 118 cm³/mol. The van der Waals surface area contributed by atoms with E-state index in [0.29, 0.717) is 5.57 Å². The summed E-state index contributed by atoms with van der Waals surface area (Å²) in [5, 5.41) is 3.14. The highest BCUT2D eigenvalue weighted by atomic mass is 16.2. The van der Waals surface area contributed by atoms with Gasteiger partial charge in [0.25, 0.3) is 0 Å². The average molecular weight is 393 g/mol. The molecule has 0 unspecified atom stereocenters. The third-order valence-corrected chi connectivity index (χ3v) is 6.68. The van der Waals surface area contributed by atoms with Crippen molar-refractivity contribution in [3.63, 3.8) is 0 Å². The zero-order valence-corrected chi connectivity index (χ0v) is 16.8. The van der Waals surface area contributed by atoms with E-state index in [1.807, 2.05) is 72.8 Å².